The monoisotopic (exact) mass is 371 g/mol. The van der Waals surface area contributed by atoms with Gasteiger partial charge < -0.3 is 9.47 Å². The Morgan fingerprint density at radius 1 is 0.963 bits per heavy atom. The Morgan fingerprint density at radius 3 is 2.33 bits per heavy atom. The summed E-state index contributed by atoms with van der Waals surface area (Å²) in [4.78, 5) is 35.1. The summed E-state index contributed by atoms with van der Waals surface area (Å²) in [5.74, 6) is -0.391. The molecule has 0 unspecified atom stereocenters. The molecular weight excluding hydrogens is 350 g/mol. The number of carbonyl (C=O) groups excluding carboxylic acids is 3. The largest absolute Gasteiger partial charge is 0.483 e. The van der Waals surface area contributed by atoms with E-state index in [0.29, 0.717) is 17.0 Å². The number of hydrazine groups is 1. The number of aryl methyl sites for hydroxylation is 1. The van der Waals surface area contributed by atoms with E-state index in [0.717, 1.165) is 5.56 Å². The van der Waals surface area contributed by atoms with Gasteiger partial charge in [-0.15, -0.1) is 0 Å². The average Bonchev–Trinajstić information content (AvgIpc) is 2.66. The van der Waals surface area contributed by atoms with Gasteiger partial charge in [-0.3, -0.25) is 25.8 Å². The molecule has 0 saturated heterocycles. The van der Waals surface area contributed by atoms with Crippen LogP contribution in [0.4, 0.5) is 10.5 Å². The maximum atomic E-state index is 12.0. The van der Waals surface area contributed by atoms with Gasteiger partial charge in [0.2, 0.25) is 0 Å². The molecule has 2 aromatic rings. The zero-order valence-corrected chi connectivity index (χ0v) is 15.1. The van der Waals surface area contributed by atoms with Crippen LogP contribution in [0, 0.1) is 6.92 Å². The Balaban J connectivity index is 1.78. The van der Waals surface area contributed by atoms with Crippen LogP contribution in [0.15, 0.2) is 48.5 Å². The fourth-order valence-electron chi connectivity index (χ4n) is 2.09. The molecule has 0 aliphatic carbocycles. The van der Waals surface area contributed by atoms with E-state index in [9.17, 15) is 14.4 Å². The number of hydrogen-bond donors (Lipinski definition) is 3. The molecule has 27 heavy (non-hydrogen) atoms. The lowest BCUT2D eigenvalue weighted by Crippen LogP contribution is -2.43. The van der Waals surface area contributed by atoms with E-state index in [2.05, 4.69) is 16.2 Å². The molecule has 0 radical (unpaired) electrons. The molecule has 0 saturated carbocycles. The molecule has 8 nitrogen and oxygen atoms in total. The van der Waals surface area contributed by atoms with Crippen molar-refractivity contribution in [2.24, 2.45) is 0 Å². The highest BCUT2D eigenvalue weighted by Gasteiger charge is 2.09. The molecule has 0 aliphatic rings. The van der Waals surface area contributed by atoms with Crippen LogP contribution in [0.2, 0.25) is 0 Å². The lowest BCUT2D eigenvalue weighted by atomic mass is 10.2. The first kappa shape index (κ1) is 19.8. The average molecular weight is 371 g/mol. The number of amides is 3. The molecule has 3 amide bonds. The molecule has 2 rings (SSSR count). The highest BCUT2D eigenvalue weighted by atomic mass is 16.5. The molecule has 0 aromatic heterocycles. The molecule has 142 valence electrons. The van der Waals surface area contributed by atoms with Crippen LogP contribution < -0.4 is 20.9 Å². The van der Waals surface area contributed by atoms with E-state index in [-0.39, 0.29) is 13.2 Å². The number of ether oxygens (including phenoxy) is 2. The summed E-state index contributed by atoms with van der Waals surface area (Å²) < 4.78 is 10.2. The van der Waals surface area contributed by atoms with Gasteiger partial charge in [-0.2, -0.15) is 0 Å². The van der Waals surface area contributed by atoms with Crippen molar-refractivity contribution >= 4 is 23.6 Å². The van der Waals surface area contributed by atoms with E-state index in [1.54, 1.807) is 25.1 Å². The lowest BCUT2D eigenvalue weighted by molar-refractivity contribution is -0.123. The van der Waals surface area contributed by atoms with E-state index in [4.69, 9.17) is 9.47 Å². The third kappa shape index (κ3) is 6.35. The first-order valence-electron chi connectivity index (χ1n) is 8.31. The highest BCUT2D eigenvalue weighted by Crippen LogP contribution is 2.15. The number of anilines is 1. The number of hydrogen-bond acceptors (Lipinski definition) is 5. The maximum absolute atomic E-state index is 12.0. The number of benzene rings is 2. The zero-order chi connectivity index (χ0) is 19.6. The van der Waals surface area contributed by atoms with Crippen molar-refractivity contribution in [3.63, 3.8) is 0 Å². The Hall–Kier alpha value is -3.55. The quantitative estimate of drug-likeness (QED) is 0.676. The van der Waals surface area contributed by atoms with Gasteiger partial charge in [-0.1, -0.05) is 18.2 Å². The normalized spacial score (nSPS) is 9.85. The van der Waals surface area contributed by atoms with Gasteiger partial charge in [0, 0.05) is 11.3 Å². The number of para-hydroxylation sites is 1. The first-order valence-corrected chi connectivity index (χ1v) is 8.31. The molecule has 0 bridgehead atoms. The fraction of sp³-hybridized carbons (Fsp3) is 0.211. The SMILES string of the molecule is CCOC(=O)Nc1ccc(C(=O)NNC(=O)COc2ccccc2C)cc1. The van der Waals surface area contributed by atoms with Crippen LogP contribution in [0.5, 0.6) is 5.75 Å². The van der Waals surface area contributed by atoms with Crippen LogP contribution in [0.25, 0.3) is 0 Å². The molecule has 0 heterocycles. The Kier molecular flexibility index (Phi) is 7.18. The van der Waals surface area contributed by atoms with Gasteiger partial charge in [0.1, 0.15) is 5.75 Å². The van der Waals surface area contributed by atoms with Crippen LogP contribution >= 0.6 is 0 Å². The summed E-state index contributed by atoms with van der Waals surface area (Å²) in [5.41, 5.74) is 6.29. The van der Waals surface area contributed by atoms with Crippen molar-refractivity contribution in [2.75, 3.05) is 18.5 Å². The number of rotatable bonds is 6. The molecule has 0 aliphatic heterocycles. The second-order valence-corrected chi connectivity index (χ2v) is 5.48. The maximum Gasteiger partial charge on any atom is 0.411 e. The van der Waals surface area contributed by atoms with Gasteiger partial charge in [-0.25, -0.2) is 4.79 Å². The molecule has 0 atom stereocenters. The van der Waals surface area contributed by atoms with Crippen LogP contribution in [0.1, 0.15) is 22.8 Å². The van der Waals surface area contributed by atoms with Crippen LogP contribution in [0.3, 0.4) is 0 Å². The highest BCUT2D eigenvalue weighted by molar-refractivity contribution is 5.96. The second-order valence-electron chi connectivity index (χ2n) is 5.48. The van der Waals surface area contributed by atoms with Crippen molar-refractivity contribution in [3.8, 4) is 5.75 Å². The Morgan fingerprint density at radius 2 is 1.67 bits per heavy atom. The van der Waals surface area contributed by atoms with E-state index in [1.807, 2.05) is 25.1 Å². The predicted octanol–water partition coefficient (Wildman–Crippen LogP) is 2.40. The zero-order valence-electron chi connectivity index (χ0n) is 15.1. The van der Waals surface area contributed by atoms with Gasteiger partial charge in [-0.05, 0) is 49.7 Å². The molecule has 0 spiro atoms. The summed E-state index contributed by atoms with van der Waals surface area (Å²) in [6.07, 6.45) is -0.574. The standard InChI is InChI=1S/C19H21N3O5/c1-3-26-19(25)20-15-10-8-14(9-11-15)18(24)22-21-17(23)12-27-16-7-5-4-6-13(16)2/h4-11H,3,12H2,1-2H3,(H,20,25)(H,21,23)(H,22,24). The first-order chi connectivity index (χ1) is 13.0. The number of nitrogens with one attached hydrogen (secondary N) is 3. The fourth-order valence-corrected chi connectivity index (χ4v) is 2.09. The Bertz CT molecular complexity index is 805. The summed E-state index contributed by atoms with van der Waals surface area (Å²) in [6, 6.07) is 13.4. The van der Waals surface area contributed by atoms with E-state index >= 15 is 0 Å². The van der Waals surface area contributed by atoms with Crippen molar-refractivity contribution in [2.45, 2.75) is 13.8 Å². The molecule has 2 aromatic carbocycles. The number of carbonyl (C=O) groups is 3. The van der Waals surface area contributed by atoms with Gasteiger partial charge in [0.25, 0.3) is 11.8 Å². The van der Waals surface area contributed by atoms with Crippen molar-refractivity contribution < 1.29 is 23.9 Å². The molecular formula is C19H21N3O5. The second kappa shape index (κ2) is 9.81. The van der Waals surface area contributed by atoms with E-state index < -0.39 is 17.9 Å². The minimum absolute atomic E-state index is 0.229. The smallest absolute Gasteiger partial charge is 0.411 e. The molecule has 0 fully saturated rings. The van der Waals surface area contributed by atoms with Gasteiger partial charge in [0.15, 0.2) is 6.61 Å². The topological polar surface area (TPSA) is 106 Å². The minimum atomic E-state index is -0.574. The van der Waals surface area contributed by atoms with Crippen LogP contribution in [-0.4, -0.2) is 31.1 Å². The third-order valence-corrected chi connectivity index (χ3v) is 3.44. The van der Waals surface area contributed by atoms with Crippen LogP contribution in [-0.2, 0) is 9.53 Å². The minimum Gasteiger partial charge on any atom is -0.483 e. The van der Waals surface area contributed by atoms with Crippen molar-refractivity contribution in [3.05, 3.63) is 59.7 Å². The summed E-state index contributed by atoms with van der Waals surface area (Å²) in [6.45, 7) is 3.61. The summed E-state index contributed by atoms with van der Waals surface area (Å²) >= 11 is 0. The molecule has 3 N–H and O–H groups in total. The van der Waals surface area contributed by atoms with Crippen molar-refractivity contribution in [1.29, 1.82) is 0 Å². The molecule has 8 heteroatoms. The van der Waals surface area contributed by atoms with E-state index in [1.165, 1.54) is 12.1 Å². The summed E-state index contributed by atoms with van der Waals surface area (Å²) in [5, 5.41) is 2.52. The summed E-state index contributed by atoms with van der Waals surface area (Å²) in [7, 11) is 0. The lowest BCUT2D eigenvalue weighted by Gasteiger charge is -2.10. The Labute approximate surface area is 156 Å². The predicted molar refractivity (Wildman–Crippen MR) is 99.4 cm³/mol. The van der Waals surface area contributed by atoms with Crippen molar-refractivity contribution in [1.82, 2.24) is 10.9 Å². The third-order valence-electron chi connectivity index (χ3n) is 3.44. The van der Waals surface area contributed by atoms with Gasteiger partial charge >= 0.3 is 6.09 Å². The van der Waals surface area contributed by atoms with Gasteiger partial charge in [0.05, 0.1) is 6.61 Å².